The van der Waals surface area contributed by atoms with Crippen LogP contribution in [0.15, 0.2) is 23.1 Å². The lowest BCUT2D eigenvalue weighted by Crippen LogP contribution is -2.19. The van der Waals surface area contributed by atoms with Crippen LogP contribution in [-0.2, 0) is 22.8 Å². The Hall–Kier alpha value is -1.38. The fourth-order valence-corrected chi connectivity index (χ4v) is 3.86. The van der Waals surface area contributed by atoms with Gasteiger partial charge in [-0.1, -0.05) is 12.1 Å². The highest BCUT2D eigenvalue weighted by Crippen LogP contribution is 2.26. The molecule has 0 N–H and O–H groups in total. The maximum atomic E-state index is 11.9. The molecular formula is C13H16N2O2S. The van der Waals surface area contributed by atoms with Gasteiger partial charge >= 0.3 is 0 Å². The molecule has 0 saturated heterocycles. The largest absolute Gasteiger partial charge is 0.289 e. The molecule has 5 heteroatoms. The van der Waals surface area contributed by atoms with E-state index in [1.165, 1.54) is 0 Å². The molecule has 18 heavy (non-hydrogen) atoms. The van der Waals surface area contributed by atoms with Gasteiger partial charge in [0.15, 0.2) is 9.84 Å². The SMILES string of the molecule is CN(CC#N)Cc1ccc2c(c1)CCCS2(=O)=O. The van der Waals surface area contributed by atoms with Gasteiger partial charge in [0.25, 0.3) is 0 Å². The molecular weight excluding hydrogens is 248 g/mol. The summed E-state index contributed by atoms with van der Waals surface area (Å²) < 4.78 is 23.7. The number of hydrogen-bond acceptors (Lipinski definition) is 4. The lowest BCUT2D eigenvalue weighted by atomic mass is 10.1. The summed E-state index contributed by atoms with van der Waals surface area (Å²) in [5.74, 6) is 0.258. The Labute approximate surface area is 108 Å². The summed E-state index contributed by atoms with van der Waals surface area (Å²) >= 11 is 0. The molecule has 1 aliphatic rings. The van der Waals surface area contributed by atoms with Gasteiger partial charge in [0.05, 0.1) is 23.3 Å². The predicted molar refractivity (Wildman–Crippen MR) is 68.8 cm³/mol. The number of hydrogen-bond donors (Lipinski definition) is 0. The number of fused-ring (bicyclic) bond motifs is 1. The van der Waals surface area contributed by atoms with Gasteiger partial charge in [-0.25, -0.2) is 8.42 Å². The molecule has 1 aromatic carbocycles. The fraction of sp³-hybridized carbons (Fsp3) is 0.462. The van der Waals surface area contributed by atoms with Crippen LogP contribution in [0.2, 0.25) is 0 Å². The highest BCUT2D eigenvalue weighted by Gasteiger charge is 2.23. The average Bonchev–Trinajstić information content (AvgIpc) is 2.28. The van der Waals surface area contributed by atoms with Crippen LogP contribution in [0.4, 0.5) is 0 Å². The Balaban J connectivity index is 2.26. The summed E-state index contributed by atoms with van der Waals surface area (Å²) in [5, 5.41) is 8.60. The van der Waals surface area contributed by atoms with Crippen molar-refractivity contribution in [3.8, 4) is 6.07 Å². The second kappa shape index (κ2) is 5.09. The number of benzene rings is 1. The minimum Gasteiger partial charge on any atom is -0.289 e. The molecule has 0 amide bonds. The van der Waals surface area contributed by atoms with E-state index >= 15 is 0 Å². The maximum Gasteiger partial charge on any atom is 0.178 e. The van der Waals surface area contributed by atoms with Crippen LogP contribution in [0, 0.1) is 11.3 Å². The third kappa shape index (κ3) is 2.71. The molecule has 0 saturated carbocycles. The van der Waals surface area contributed by atoms with Gasteiger partial charge in [0, 0.05) is 6.54 Å². The monoisotopic (exact) mass is 264 g/mol. The minimum atomic E-state index is -3.06. The van der Waals surface area contributed by atoms with Crippen molar-refractivity contribution in [3.05, 3.63) is 29.3 Å². The summed E-state index contributed by atoms with van der Waals surface area (Å²) in [4.78, 5) is 2.39. The average molecular weight is 264 g/mol. The van der Waals surface area contributed by atoms with Crippen molar-refractivity contribution >= 4 is 9.84 Å². The van der Waals surface area contributed by atoms with Gasteiger partial charge < -0.3 is 0 Å². The molecule has 2 rings (SSSR count). The number of nitriles is 1. The van der Waals surface area contributed by atoms with Crippen molar-refractivity contribution in [3.63, 3.8) is 0 Å². The van der Waals surface area contributed by atoms with Crippen LogP contribution >= 0.6 is 0 Å². The Morgan fingerprint density at radius 3 is 2.94 bits per heavy atom. The minimum absolute atomic E-state index is 0.258. The smallest absolute Gasteiger partial charge is 0.178 e. The number of nitrogens with zero attached hydrogens (tertiary/aromatic N) is 2. The Kier molecular flexibility index (Phi) is 3.69. The molecule has 0 unspecified atom stereocenters. The zero-order valence-electron chi connectivity index (χ0n) is 10.4. The first-order chi connectivity index (χ1) is 8.53. The number of aryl methyl sites for hydroxylation is 1. The first-order valence-electron chi connectivity index (χ1n) is 5.93. The molecule has 0 atom stereocenters. The highest BCUT2D eigenvalue weighted by molar-refractivity contribution is 7.91. The van der Waals surface area contributed by atoms with Gasteiger partial charge in [-0.05, 0) is 37.1 Å². The zero-order chi connectivity index (χ0) is 13.2. The second-order valence-corrected chi connectivity index (χ2v) is 6.77. The van der Waals surface area contributed by atoms with Gasteiger partial charge in [0.1, 0.15) is 0 Å². The van der Waals surface area contributed by atoms with Crippen LogP contribution in [0.25, 0.3) is 0 Å². The molecule has 0 fully saturated rings. The van der Waals surface area contributed by atoms with Crippen molar-refractivity contribution in [1.82, 2.24) is 4.90 Å². The third-order valence-electron chi connectivity index (χ3n) is 3.11. The van der Waals surface area contributed by atoms with Crippen molar-refractivity contribution in [2.45, 2.75) is 24.3 Å². The first-order valence-corrected chi connectivity index (χ1v) is 7.58. The zero-order valence-corrected chi connectivity index (χ0v) is 11.2. The Bertz CT molecular complexity index is 587. The van der Waals surface area contributed by atoms with E-state index in [1.807, 2.05) is 24.1 Å². The normalized spacial score (nSPS) is 17.2. The molecule has 0 radical (unpaired) electrons. The van der Waals surface area contributed by atoms with E-state index in [0.29, 0.717) is 24.4 Å². The van der Waals surface area contributed by atoms with Crippen LogP contribution in [0.5, 0.6) is 0 Å². The van der Waals surface area contributed by atoms with Crippen LogP contribution in [-0.4, -0.2) is 32.7 Å². The van der Waals surface area contributed by atoms with Crippen LogP contribution < -0.4 is 0 Å². The first kappa shape index (κ1) is 13.1. The van der Waals surface area contributed by atoms with Crippen LogP contribution in [0.3, 0.4) is 0 Å². The Morgan fingerprint density at radius 1 is 1.44 bits per heavy atom. The summed E-state index contributed by atoms with van der Waals surface area (Å²) in [6.45, 7) is 1.04. The highest BCUT2D eigenvalue weighted by atomic mass is 32.2. The van der Waals surface area contributed by atoms with Crippen molar-refractivity contribution in [2.75, 3.05) is 19.3 Å². The molecule has 1 aliphatic heterocycles. The van der Waals surface area contributed by atoms with E-state index in [4.69, 9.17) is 5.26 Å². The van der Waals surface area contributed by atoms with Gasteiger partial charge in [-0.3, -0.25) is 4.90 Å². The van der Waals surface area contributed by atoms with E-state index in [9.17, 15) is 8.42 Å². The number of rotatable bonds is 3. The molecule has 96 valence electrons. The number of sulfone groups is 1. The van der Waals surface area contributed by atoms with Crippen LogP contribution in [0.1, 0.15) is 17.5 Å². The molecule has 0 aromatic heterocycles. The lowest BCUT2D eigenvalue weighted by molar-refractivity contribution is 0.367. The summed E-state index contributed by atoms with van der Waals surface area (Å²) in [7, 11) is -1.19. The molecule has 1 heterocycles. The molecule has 0 aliphatic carbocycles. The van der Waals surface area contributed by atoms with E-state index < -0.39 is 9.84 Å². The topological polar surface area (TPSA) is 61.2 Å². The lowest BCUT2D eigenvalue weighted by Gasteiger charge is -2.18. The quantitative estimate of drug-likeness (QED) is 0.773. The van der Waals surface area contributed by atoms with E-state index in [0.717, 1.165) is 17.5 Å². The molecule has 0 spiro atoms. The fourth-order valence-electron chi connectivity index (χ4n) is 2.28. The predicted octanol–water partition coefficient (Wildman–Crippen LogP) is 1.36. The third-order valence-corrected chi connectivity index (χ3v) is 5.01. The summed E-state index contributed by atoms with van der Waals surface area (Å²) in [5.41, 5.74) is 1.98. The second-order valence-electron chi connectivity index (χ2n) is 4.69. The van der Waals surface area contributed by atoms with Crippen molar-refractivity contribution in [2.24, 2.45) is 0 Å². The Morgan fingerprint density at radius 2 is 2.22 bits per heavy atom. The van der Waals surface area contributed by atoms with E-state index in [2.05, 4.69) is 6.07 Å². The standard InChI is InChI=1S/C13H16N2O2S/c1-15(7-6-14)10-11-4-5-13-12(9-11)3-2-8-18(13,16)17/h4-5,9H,2-3,7-8,10H2,1H3. The summed E-state index contributed by atoms with van der Waals surface area (Å²) in [6.07, 6.45) is 1.52. The van der Waals surface area contributed by atoms with Gasteiger partial charge in [0.2, 0.25) is 0 Å². The summed E-state index contributed by atoms with van der Waals surface area (Å²) in [6, 6.07) is 7.60. The van der Waals surface area contributed by atoms with Gasteiger partial charge in [-0.15, -0.1) is 0 Å². The van der Waals surface area contributed by atoms with E-state index in [1.54, 1.807) is 6.07 Å². The molecule has 0 bridgehead atoms. The van der Waals surface area contributed by atoms with Crippen molar-refractivity contribution in [1.29, 1.82) is 5.26 Å². The molecule has 4 nitrogen and oxygen atoms in total. The van der Waals surface area contributed by atoms with E-state index in [-0.39, 0.29) is 5.75 Å². The maximum absolute atomic E-state index is 11.9. The van der Waals surface area contributed by atoms with Crippen molar-refractivity contribution < 1.29 is 8.42 Å². The molecule has 1 aromatic rings. The van der Waals surface area contributed by atoms with Gasteiger partial charge in [-0.2, -0.15) is 5.26 Å².